The zero-order valence-corrected chi connectivity index (χ0v) is 11.8. The van der Waals surface area contributed by atoms with Gasteiger partial charge in [0.25, 0.3) is 0 Å². The third-order valence-electron chi connectivity index (χ3n) is 2.69. The SMILES string of the molecule is CC(C)OCCCCNc1snc2ccccc12. The first-order valence-corrected chi connectivity index (χ1v) is 7.24. The Morgan fingerprint density at radius 2 is 2.11 bits per heavy atom. The Labute approximate surface area is 112 Å². The normalized spacial score (nSPS) is 11.3. The summed E-state index contributed by atoms with van der Waals surface area (Å²) in [6.07, 6.45) is 2.56. The molecule has 1 heterocycles. The Bertz CT molecular complexity index is 481. The van der Waals surface area contributed by atoms with Crippen molar-refractivity contribution in [1.29, 1.82) is 0 Å². The second kappa shape index (κ2) is 6.71. The van der Waals surface area contributed by atoms with Crippen molar-refractivity contribution in [3.8, 4) is 0 Å². The fraction of sp³-hybridized carbons (Fsp3) is 0.500. The zero-order valence-electron chi connectivity index (χ0n) is 11.0. The number of nitrogens with one attached hydrogen (secondary N) is 1. The number of nitrogens with zero attached hydrogens (tertiary/aromatic N) is 1. The molecular weight excluding hydrogens is 244 g/mol. The smallest absolute Gasteiger partial charge is 0.117 e. The van der Waals surface area contributed by atoms with E-state index in [9.17, 15) is 0 Å². The number of unbranched alkanes of at least 4 members (excludes halogenated alkanes) is 1. The van der Waals surface area contributed by atoms with Gasteiger partial charge < -0.3 is 10.1 Å². The number of benzene rings is 1. The average Bonchev–Trinajstić information content (AvgIpc) is 2.77. The van der Waals surface area contributed by atoms with Gasteiger partial charge in [0.05, 0.1) is 11.6 Å². The van der Waals surface area contributed by atoms with Crippen molar-refractivity contribution in [2.75, 3.05) is 18.5 Å². The van der Waals surface area contributed by atoms with E-state index in [-0.39, 0.29) is 0 Å². The molecule has 1 N–H and O–H groups in total. The van der Waals surface area contributed by atoms with Crippen LogP contribution in [0.5, 0.6) is 0 Å². The van der Waals surface area contributed by atoms with E-state index in [4.69, 9.17) is 4.74 Å². The predicted molar refractivity (Wildman–Crippen MR) is 78.4 cm³/mol. The summed E-state index contributed by atoms with van der Waals surface area (Å²) < 4.78 is 9.92. The maximum Gasteiger partial charge on any atom is 0.117 e. The second-order valence-corrected chi connectivity index (χ2v) is 5.36. The van der Waals surface area contributed by atoms with E-state index >= 15 is 0 Å². The summed E-state index contributed by atoms with van der Waals surface area (Å²) in [6.45, 7) is 5.97. The Balaban J connectivity index is 1.74. The van der Waals surface area contributed by atoms with Crippen LogP contribution in [0.15, 0.2) is 24.3 Å². The third kappa shape index (κ3) is 3.68. The molecule has 0 aliphatic rings. The molecular formula is C14H20N2OS. The number of anilines is 1. The fourth-order valence-corrected chi connectivity index (χ4v) is 2.55. The minimum Gasteiger partial charge on any atom is -0.379 e. The number of aromatic nitrogens is 1. The highest BCUT2D eigenvalue weighted by Gasteiger charge is 2.03. The number of hydrogen-bond donors (Lipinski definition) is 1. The molecule has 0 saturated carbocycles. The molecule has 1 aromatic heterocycles. The van der Waals surface area contributed by atoms with E-state index in [1.165, 1.54) is 21.9 Å². The third-order valence-corrected chi connectivity index (χ3v) is 3.53. The van der Waals surface area contributed by atoms with Crippen LogP contribution in [-0.2, 0) is 4.74 Å². The summed E-state index contributed by atoms with van der Waals surface area (Å²) in [7, 11) is 0. The first-order valence-electron chi connectivity index (χ1n) is 6.47. The van der Waals surface area contributed by atoms with Gasteiger partial charge in [0.15, 0.2) is 0 Å². The van der Waals surface area contributed by atoms with Crippen molar-refractivity contribution in [2.24, 2.45) is 0 Å². The van der Waals surface area contributed by atoms with Crippen molar-refractivity contribution < 1.29 is 4.74 Å². The molecule has 0 aliphatic carbocycles. The minimum absolute atomic E-state index is 0.336. The van der Waals surface area contributed by atoms with Gasteiger partial charge in [-0.15, -0.1) is 0 Å². The Morgan fingerprint density at radius 1 is 1.28 bits per heavy atom. The van der Waals surface area contributed by atoms with Gasteiger partial charge in [0, 0.05) is 18.5 Å². The van der Waals surface area contributed by atoms with E-state index in [0.29, 0.717) is 6.10 Å². The summed E-state index contributed by atoms with van der Waals surface area (Å²) in [5, 5.41) is 5.86. The summed E-state index contributed by atoms with van der Waals surface area (Å²) in [5.74, 6) is 0. The maximum absolute atomic E-state index is 5.51. The van der Waals surface area contributed by atoms with Crippen LogP contribution in [0.3, 0.4) is 0 Å². The molecule has 98 valence electrons. The molecule has 0 amide bonds. The lowest BCUT2D eigenvalue weighted by Gasteiger charge is -2.07. The van der Waals surface area contributed by atoms with E-state index < -0.39 is 0 Å². The molecule has 1 aromatic carbocycles. The molecule has 0 bridgehead atoms. The molecule has 0 atom stereocenters. The van der Waals surface area contributed by atoms with Gasteiger partial charge in [-0.3, -0.25) is 0 Å². The van der Waals surface area contributed by atoms with Gasteiger partial charge >= 0.3 is 0 Å². The van der Waals surface area contributed by atoms with Crippen LogP contribution < -0.4 is 5.32 Å². The van der Waals surface area contributed by atoms with Crippen LogP contribution in [0, 0.1) is 0 Å². The fourth-order valence-electron chi connectivity index (χ4n) is 1.76. The Hall–Kier alpha value is -1.13. The number of ether oxygens (including phenoxy) is 1. The van der Waals surface area contributed by atoms with Crippen LogP contribution in [0.4, 0.5) is 5.00 Å². The lowest BCUT2D eigenvalue weighted by molar-refractivity contribution is 0.0765. The molecule has 0 spiro atoms. The van der Waals surface area contributed by atoms with E-state index in [2.05, 4.69) is 35.7 Å². The van der Waals surface area contributed by atoms with Crippen LogP contribution in [0.25, 0.3) is 10.9 Å². The maximum atomic E-state index is 5.51. The van der Waals surface area contributed by atoms with Crippen molar-refractivity contribution in [3.05, 3.63) is 24.3 Å². The number of hydrogen-bond acceptors (Lipinski definition) is 4. The molecule has 0 radical (unpaired) electrons. The largest absolute Gasteiger partial charge is 0.379 e. The summed E-state index contributed by atoms with van der Waals surface area (Å²) in [4.78, 5) is 0. The molecule has 0 aliphatic heterocycles. The van der Waals surface area contributed by atoms with Gasteiger partial charge in [0.1, 0.15) is 5.00 Å². The van der Waals surface area contributed by atoms with Crippen LogP contribution in [0.2, 0.25) is 0 Å². The summed E-state index contributed by atoms with van der Waals surface area (Å²) >= 11 is 1.54. The number of rotatable bonds is 7. The molecule has 18 heavy (non-hydrogen) atoms. The lowest BCUT2D eigenvalue weighted by Crippen LogP contribution is -2.06. The van der Waals surface area contributed by atoms with Crippen LogP contribution in [-0.4, -0.2) is 23.6 Å². The van der Waals surface area contributed by atoms with E-state index in [1.807, 2.05) is 12.1 Å². The quantitative estimate of drug-likeness (QED) is 0.770. The van der Waals surface area contributed by atoms with Crippen LogP contribution >= 0.6 is 11.5 Å². The van der Waals surface area contributed by atoms with Crippen molar-refractivity contribution in [3.63, 3.8) is 0 Å². The van der Waals surface area contributed by atoms with Crippen LogP contribution in [0.1, 0.15) is 26.7 Å². The Kier molecular flexibility index (Phi) is 4.96. The standard InChI is InChI=1S/C14H20N2OS/c1-11(2)17-10-6-5-9-15-14-12-7-3-4-8-13(12)16-18-14/h3-4,7-8,11,15H,5-6,9-10H2,1-2H3. The molecule has 2 rings (SSSR count). The molecule has 2 aromatic rings. The monoisotopic (exact) mass is 264 g/mol. The Morgan fingerprint density at radius 3 is 2.94 bits per heavy atom. The highest BCUT2D eigenvalue weighted by Crippen LogP contribution is 2.26. The first-order chi connectivity index (χ1) is 8.77. The first kappa shape index (κ1) is 13.3. The zero-order chi connectivity index (χ0) is 12.8. The molecule has 0 unspecified atom stereocenters. The second-order valence-electron chi connectivity index (χ2n) is 4.58. The highest BCUT2D eigenvalue weighted by molar-refractivity contribution is 7.11. The molecule has 0 fully saturated rings. The van der Waals surface area contributed by atoms with Crippen molar-refractivity contribution in [2.45, 2.75) is 32.8 Å². The molecule has 4 heteroatoms. The highest BCUT2D eigenvalue weighted by atomic mass is 32.1. The van der Waals surface area contributed by atoms with Crippen molar-refractivity contribution in [1.82, 2.24) is 4.37 Å². The van der Waals surface area contributed by atoms with Gasteiger partial charge in [-0.1, -0.05) is 12.1 Å². The summed E-state index contributed by atoms with van der Waals surface area (Å²) in [5.41, 5.74) is 1.08. The van der Waals surface area contributed by atoms with Gasteiger partial charge in [-0.2, -0.15) is 4.37 Å². The molecule has 0 saturated heterocycles. The lowest BCUT2D eigenvalue weighted by atomic mass is 10.2. The predicted octanol–water partition coefficient (Wildman–Crippen LogP) is 3.91. The van der Waals surface area contributed by atoms with Gasteiger partial charge in [0.2, 0.25) is 0 Å². The average molecular weight is 264 g/mol. The minimum atomic E-state index is 0.336. The van der Waals surface area contributed by atoms with Gasteiger partial charge in [-0.05, 0) is 50.4 Å². The van der Waals surface area contributed by atoms with Gasteiger partial charge in [-0.25, -0.2) is 0 Å². The topological polar surface area (TPSA) is 34.1 Å². The van der Waals surface area contributed by atoms with Crippen molar-refractivity contribution >= 4 is 27.4 Å². The number of fused-ring (bicyclic) bond motifs is 1. The summed E-state index contributed by atoms with van der Waals surface area (Å²) in [6, 6.07) is 8.24. The molecule has 3 nitrogen and oxygen atoms in total. The van der Waals surface area contributed by atoms with E-state index in [0.717, 1.165) is 31.5 Å². The van der Waals surface area contributed by atoms with E-state index in [1.54, 1.807) is 0 Å².